The van der Waals surface area contributed by atoms with E-state index in [2.05, 4.69) is 28.1 Å². The van der Waals surface area contributed by atoms with Gasteiger partial charge in [-0.25, -0.2) is 9.97 Å². The lowest BCUT2D eigenvalue weighted by atomic mass is 9.74. The van der Waals surface area contributed by atoms with Gasteiger partial charge in [-0.05, 0) is 36.6 Å². The number of imidazole rings is 1. The predicted octanol–water partition coefficient (Wildman–Crippen LogP) is 4.48. The number of aromatic nitrogens is 3. The Labute approximate surface area is 192 Å². The Bertz CT molecular complexity index is 1320. The Kier molecular flexibility index (Phi) is 5.35. The van der Waals surface area contributed by atoms with Crippen LogP contribution in [0.5, 0.6) is 11.5 Å². The summed E-state index contributed by atoms with van der Waals surface area (Å²) in [6.07, 6.45) is 5.20. The Morgan fingerprint density at radius 3 is 2.42 bits per heavy atom. The third-order valence-electron chi connectivity index (χ3n) is 6.49. The minimum Gasteiger partial charge on any atom is -0.493 e. The van der Waals surface area contributed by atoms with E-state index in [1.54, 1.807) is 20.4 Å². The molecule has 0 aliphatic carbocycles. The lowest BCUT2D eigenvalue weighted by molar-refractivity contribution is 0.355. The maximum absolute atomic E-state index is 10.1. The molecule has 0 saturated carbocycles. The lowest BCUT2D eigenvalue weighted by Gasteiger charge is -2.38. The Morgan fingerprint density at radius 2 is 1.73 bits per heavy atom. The van der Waals surface area contributed by atoms with Gasteiger partial charge in [0.1, 0.15) is 5.65 Å². The fourth-order valence-electron chi connectivity index (χ4n) is 4.58. The molecule has 7 nitrogen and oxygen atoms in total. The van der Waals surface area contributed by atoms with Crippen LogP contribution in [-0.4, -0.2) is 41.7 Å². The van der Waals surface area contributed by atoms with Crippen LogP contribution in [0.1, 0.15) is 18.4 Å². The maximum Gasteiger partial charge on any atom is 0.211 e. The summed E-state index contributed by atoms with van der Waals surface area (Å²) in [6, 6.07) is 20.5. The topological polar surface area (TPSA) is 75.7 Å². The molecule has 0 amide bonds. The van der Waals surface area contributed by atoms with Crippen LogP contribution in [0.3, 0.4) is 0 Å². The number of ether oxygens (including phenoxy) is 2. The number of anilines is 1. The minimum absolute atomic E-state index is 0.466. The molecule has 0 atom stereocenters. The molecule has 4 aromatic rings. The monoisotopic (exact) mass is 439 g/mol. The van der Waals surface area contributed by atoms with Crippen LogP contribution in [0.15, 0.2) is 67.0 Å². The smallest absolute Gasteiger partial charge is 0.211 e. The summed E-state index contributed by atoms with van der Waals surface area (Å²) in [5.74, 6) is 2.16. The van der Waals surface area contributed by atoms with Gasteiger partial charge < -0.3 is 14.4 Å². The highest BCUT2D eigenvalue weighted by atomic mass is 16.5. The number of rotatable bonds is 5. The van der Waals surface area contributed by atoms with Gasteiger partial charge >= 0.3 is 0 Å². The van der Waals surface area contributed by atoms with Gasteiger partial charge in [0.15, 0.2) is 11.5 Å². The average molecular weight is 440 g/mol. The van der Waals surface area contributed by atoms with Crippen LogP contribution in [0.4, 0.5) is 5.95 Å². The van der Waals surface area contributed by atoms with E-state index < -0.39 is 5.41 Å². The second-order valence-electron chi connectivity index (χ2n) is 8.21. The molecule has 0 unspecified atom stereocenters. The van der Waals surface area contributed by atoms with Crippen molar-refractivity contribution in [3.8, 4) is 28.8 Å². The van der Waals surface area contributed by atoms with Crippen LogP contribution in [0.2, 0.25) is 0 Å². The predicted molar refractivity (Wildman–Crippen MR) is 127 cm³/mol. The van der Waals surface area contributed by atoms with Crippen LogP contribution in [0, 0.1) is 11.3 Å². The largest absolute Gasteiger partial charge is 0.493 e. The van der Waals surface area contributed by atoms with Crippen molar-refractivity contribution in [2.75, 3.05) is 32.2 Å². The Balaban J connectivity index is 1.50. The molecule has 0 bridgehead atoms. The third kappa shape index (κ3) is 3.64. The number of hydrogen-bond donors (Lipinski definition) is 0. The highest BCUT2D eigenvalue weighted by Crippen LogP contribution is 2.37. The van der Waals surface area contributed by atoms with Crippen molar-refractivity contribution >= 4 is 11.6 Å². The maximum atomic E-state index is 10.1. The number of piperidine rings is 1. The number of methoxy groups -OCH3 is 2. The van der Waals surface area contributed by atoms with Crippen molar-refractivity contribution in [1.82, 2.24) is 14.4 Å². The molecule has 1 aliphatic rings. The van der Waals surface area contributed by atoms with Gasteiger partial charge in [0, 0.05) is 37.1 Å². The van der Waals surface area contributed by atoms with Crippen LogP contribution in [0.25, 0.3) is 16.9 Å². The molecule has 1 saturated heterocycles. The highest BCUT2D eigenvalue weighted by Gasteiger charge is 2.37. The normalized spacial score (nSPS) is 15.2. The molecule has 0 spiro atoms. The first kappa shape index (κ1) is 20.8. The molecule has 2 aromatic heterocycles. The van der Waals surface area contributed by atoms with Gasteiger partial charge in [-0.1, -0.05) is 30.3 Å². The van der Waals surface area contributed by atoms with Gasteiger partial charge in [0.2, 0.25) is 5.95 Å². The van der Waals surface area contributed by atoms with Crippen molar-refractivity contribution < 1.29 is 9.47 Å². The van der Waals surface area contributed by atoms with E-state index in [4.69, 9.17) is 14.5 Å². The number of fused-ring (bicyclic) bond motifs is 1. The summed E-state index contributed by atoms with van der Waals surface area (Å²) in [5.41, 5.74) is 3.18. The summed E-state index contributed by atoms with van der Waals surface area (Å²) < 4.78 is 12.9. The number of nitriles is 1. The molecule has 3 heterocycles. The fraction of sp³-hybridized carbons (Fsp3) is 0.269. The Morgan fingerprint density at radius 1 is 0.970 bits per heavy atom. The SMILES string of the molecule is COc1ccc(-c2cc3nccn3c(N3CCC(C#N)(c4ccccc4)CC3)n2)cc1OC. The van der Waals surface area contributed by atoms with Crippen molar-refractivity contribution in [3.63, 3.8) is 0 Å². The molecule has 33 heavy (non-hydrogen) atoms. The number of benzene rings is 2. The van der Waals surface area contributed by atoms with Gasteiger partial charge in [0.05, 0.1) is 31.4 Å². The van der Waals surface area contributed by atoms with Crippen LogP contribution < -0.4 is 14.4 Å². The summed E-state index contributed by atoms with van der Waals surface area (Å²) in [7, 11) is 3.25. The fourth-order valence-corrected chi connectivity index (χ4v) is 4.58. The van der Waals surface area contributed by atoms with Crippen molar-refractivity contribution in [3.05, 3.63) is 72.6 Å². The van der Waals surface area contributed by atoms with Gasteiger partial charge in [0.25, 0.3) is 0 Å². The molecular weight excluding hydrogens is 414 g/mol. The van der Waals surface area contributed by atoms with Gasteiger partial charge in [-0.2, -0.15) is 5.26 Å². The summed E-state index contributed by atoms with van der Waals surface area (Å²) in [6.45, 7) is 1.47. The van der Waals surface area contributed by atoms with E-state index in [9.17, 15) is 5.26 Å². The Hall–Kier alpha value is -4.05. The zero-order chi connectivity index (χ0) is 22.8. The van der Waals surface area contributed by atoms with Crippen molar-refractivity contribution in [2.45, 2.75) is 18.3 Å². The van der Waals surface area contributed by atoms with E-state index in [0.717, 1.165) is 54.3 Å². The molecule has 0 radical (unpaired) electrons. The van der Waals surface area contributed by atoms with Gasteiger partial charge in [-0.15, -0.1) is 0 Å². The second kappa shape index (κ2) is 8.47. The second-order valence-corrected chi connectivity index (χ2v) is 8.21. The molecule has 1 fully saturated rings. The van der Waals surface area contributed by atoms with E-state index >= 15 is 0 Å². The van der Waals surface area contributed by atoms with E-state index in [-0.39, 0.29) is 0 Å². The molecule has 5 rings (SSSR count). The van der Waals surface area contributed by atoms with E-state index in [1.165, 1.54) is 0 Å². The first-order valence-corrected chi connectivity index (χ1v) is 11.0. The lowest BCUT2D eigenvalue weighted by Crippen LogP contribution is -2.43. The van der Waals surface area contributed by atoms with Crippen molar-refractivity contribution in [1.29, 1.82) is 5.26 Å². The summed E-state index contributed by atoms with van der Waals surface area (Å²) in [4.78, 5) is 11.8. The van der Waals surface area contributed by atoms with Gasteiger partial charge in [-0.3, -0.25) is 4.40 Å². The summed E-state index contributed by atoms with van der Waals surface area (Å²) >= 11 is 0. The number of nitrogens with zero attached hydrogens (tertiary/aromatic N) is 5. The van der Waals surface area contributed by atoms with Crippen LogP contribution >= 0.6 is 0 Å². The van der Waals surface area contributed by atoms with Crippen LogP contribution in [-0.2, 0) is 5.41 Å². The highest BCUT2D eigenvalue weighted by molar-refractivity contribution is 5.69. The quantitative estimate of drug-likeness (QED) is 0.457. The van der Waals surface area contributed by atoms with Crippen molar-refractivity contribution in [2.24, 2.45) is 0 Å². The third-order valence-corrected chi connectivity index (χ3v) is 6.49. The number of hydrogen-bond acceptors (Lipinski definition) is 6. The van der Waals surface area contributed by atoms with E-state index in [0.29, 0.717) is 11.5 Å². The standard InChI is InChI=1S/C26H25N5O2/c1-32-22-9-8-19(16-23(22)33-2)21-17-24-28-12-15-31(24)25(29-21)30-13-10-26(18-27,11-14-30)20-6-4-3-5-7-20/h3-9,12,15-17H,10-11,13-14H2,1-2H3. The molecule has 0 N–H and O–H groups in total. The molecule has 1 aliphatic heterocycles. The first-order valence-electron chi connectivity index (χ1n) is 11.0. The zero-order valence-electron chi connectivity index (χ0n) is 18.7. The molecular formula is C26H25N5O2. The summed E-state index contributed by atoms with van der Waals surface area (Å²) in [5, 5.41) is 10.1. The minimum atomic E-state index is -0.466. The van der Waals surface area contributed by atoms with E-state index in [1.807, 2.05) is 53.1 Å². The first-order chi connectivity index (χ1) is 16.2. The molecule has 166 valence electrons. The molecule has 2 aromatic carbocycles. The average Bonchev–Trinajstić information content (AvgIpc) is 3.37. The zero-order valence-corrected chi connectivity index (χ0v) is 18.7. The molecule has 7 heteroatoms.